The molecule has 0 N–H and O–H groups in total. The van der Waals surface area contributed by atoms with E-state index in [9.17, 15) is 9.59 Å². The Morgan fingerprint density at radius 1 is 0.750 bits per heavy atom. The van der Waals surface area contributed by atoms with Crippen LogP contribution in [0, 0.1) is 0 Å². The number of quaternary nitrogens is 1. The Bertz CT molecular complexity index is 953. The lowest BCUT2D eigenvalue weighted by Crippen LogP contribution is -2.46. The number of hydrogen-bond acceptors (Lipinski definition) is 2. The fraction of sp³-hybridized carbons (Fsp3) is 0.280. The van der Waals surface area contributed by atoms with Crippen LogP contribution < -0.4 is 0 Å². The summed E-state index contributed by atoms with van der Waals surface area (Å²) in [5, 5.41) is 1.86. The number of carbonyl (C=O) groups excluding carboxylic acids is 2. The van der Waals surface area contributed by atoms with Crippen LogP contribution >= 0.6 is 46.4 Å². The van der Waals surface area contributed by atoms with Crippen molar-refractivity contribution >= 4 is 70.1 Å². The summed E-state index contributed by atoms with van der Waals surface area (Å²) in [6.45, 7) is 4.20. The molecule has 0 atom stereocenters. The van der Waals surface area contributed by atoms with Crippen LogP contribution in [0.25, 0.3) is 12.2 Å². The Morgan fingerprint density at radius 2 is 1.16 bits per heavy atom. The average molecular weight is 514 g/mol. The minimum absolute atomic E-state index is 0.0275. The number of halogens is 4. The maximum absolute atomic E-state index is 12.3. The second kappa shape index (κ2) is 12.6. The van der Waals surface area contributed by atoms with Crippen molar-refractivity contribution in [1.82, 2.24) is 0 Å². The fourth-order valence-corrected chi connectivity index (χ4v) is 3.58. The van der Waals surface area contributed by atoms with E-state index in [-0.39, 0.29) is 11.6 Å². The first kappa shape index (κ1) is 26.6. The molecule has 3 nitrogen and oxygen atoms in total. The maximum Gasteiger partial charge on any atom is 0.161 e. The highest BCUT2D eigenvalue weighted by Gasteiger charge is 2.21. The molecule has 32 heavy (non-hydrogen) atoms. The van der Waals surface area contributed by atoms with Crippen molar-refractivity contribution in [3.05, 3.63) is 79.8 Å². The van der Waals surface area contributed by atoms with Crippen LogP contribution in [0.4, 0.5) is 0 Å². The third-order valence-electron chi connectivity index (χ3n) is 5.37. The Morgan fingerprint density at radius 3 is 1.50 bits per heavy atom. The molecule has 2 aromatic rings. The fourth-order valence-electron chi connectivity index (χ4n) is 2.97. The van der Waals surface area contributed by atoms with E-state index in [1.165, 1.54) is 0 Å². The standard InChI is InChI=1S/C25H26Cl4NO2/c1-3-30(2,14-12-20(31)8-4-18-6-10-22(26)24(28)16-18)15-13-21(32)9-5-19-7-11-23(27)25(29)17-19/h4-11,16-17H,3,12-15H2,1-2H3/q+1. The number of nitrogens with zero attached hydrogens (tertiary/aromatic N) is 1. The smallest absolute Gasteiger partial charge is 0.161 e. The SMILES string of the molecule is CC[N+](C)(CCC(=O)C=Cc1ccc(Cl)c(Cl)c1)CCC(=O)C=Cc1ccc(Cl)c(Cl)c1. The maximum atomic E-state index is 12.3. The second-order valence-electron chi connectivity index (χ2n) is 7.83. The Balaban J connectivity index is 1.85. The molecule has 0 aliphatic rings. The first-order valence-electron chi connectivity index (χ1n) is 10.3. The molecule has 0 amide bonds. The molecule has 0 saturated carbocycles. The molecule has 0 aliphatic carbocycles. The van der Waals surface area contributed by atoms with E-state index < -0.39 is 0 Å². The highest BCUT2D eigenvalue weighted by atomic mass is 35.5. The van der Waals surface area contributed by atoms with E-state index in [4.69, 9.17) is 46.4 Å². The predicted octanol–water partition coefficient (Wildman–Crippen LogP) is 7.41. The van der Waals surface area contributed by atoms with Gasteiger partial charge < -0.3 is 4.48 Å². The lowest BCUT2D eigenvalue weighted by molar-refractivity contribution is -0.906. The van der Waals surface area contributed by atoms with Crippen LogP contribution in [-0.2, 0) is 9.59 Å². The van der Waals surface area contributed by atoms with Crippen LogP contribution in [0.2, 0.25) is 20.1 Å². The molecule has 0 aliphatic heterocycles. The molecule has 2 aromatic carbocycles. The van der Waals surface area contributed by atoms with Gasteiger partial charge in [-0.25, -0.2) is 0 Å². The molecule has 7 heteroatoms. The molecule has 0 saturated heterocycles. The third-order valence-corrected chi connectivity index (χ3v) is 6.85. The minimum Gasteiger partial charge on any atom is -0.326 e. The summed E-state index contributed by atoms with van der Waals surface area (Å²) in [6, 6.07) is 10.5. The van der Waals surface area contributed by atoms with Crippen LogP contribution in [0.3, 0.4) is 0 Å². The lowest BCUT2D eigenvalue weighted by atomic mass is 10.1. The van der Waals surface area contributed by atoms with Crippen molar-refractivity contribution in [3.63, 3.8) is 0 Å². The Kier molecular flexibility index (Phi) is 10.5. The second-order valence-corrected chi connectivity index (χ2v) is 9.46. The van der Waals surface area contributed by atoms with Gasteiger partial charge in [0.15, 0.2) is 11.6 Å². The molecule has 0 fully saturated rings. The Labute approximate surface area is 209 Å². The monoisotopic (exact) mass is 512 g/mol. The van der Waals surface area contributed by atoms with E-state index in [2.05, 4.69) is 14.0 Å². The van der Waals surface area contributed by atoms with Crippen LogP contribution in [0.5, 0.6) is 0 Å². The molecule has 0 aromatic heterocycles. The quantitative estimate of drug-likeness (QED) is 0.231. The molecule has 0 unspecified atom stereocenters. The zero-order chi connectivity index (χ0) is 23.7. The van der Waals surface area contributed by atoms with Gasteiger partial charge in [-0.3, -0.25) is 9.59 Å². The number of rotatable bonds is 11. The summed E-state index contributed by atoms with van der Waals surface area (Å²) < 4.78 is 0.638. The van der Waals surface area contributed by atoms with Gasteiger partial charge in [0.05, 0.1) is 59.6 Å². The van der Waals surface area contributed by atoms with Gasteiger partial charge >= 0.3 is 0 Å². The van der Waals surface area contributed by atoms with Crippen molar-refractivity contribution in [2.45, 2.75) is 19.8 Å². The van der Waals surface area contributed by atoms with Crippen molar-refractivity contribution < 1.29 is 14.1 Å². The van der Waals surface area contributed by atoms with E-state index in [1.807, 2.05) is 0 Å². The van der Waals surface area contributed by atoms with Gasteiger partial charge in [-0.15, -0.1) is 0 Å². The predicted molar refractivity (Wildman–Crippen MR) is 137 cm³/mol. The number of ketones is 2. The van der Waals surface area contributed by atoms with E-state index in [0.717, 1.165) is 17.7 Å². The van der Waals surface area contributed by atoms with Crippen LogP contribution in [0.15, 0.2) is 48.6 Å². The normalized spacial score (nSPS) is 13.6. The summed E-state index contributed by atoms with van der Waals surface area (Å²) in [6.07, 6.45) is 7.39. The van der Waals surface area contributed by atoms with Gasteiger partial charge in [0.25, 0.3) is 0 Å². The molecular formula is C25H26Cl4NO2+. The molecule has 2 rings (SSSR count). The summed E-state index contributed by atoms with van der Waals surface area (Å²) in [7, 11) is 2.06. The largest absolute Gasteiger partial charge is 0.326 e. The first-order valence-corrected chi connectivity index (χ1v) is 11.8. The molecule has 0 spiro atoms. The van der Waals surface area contributed by atoms with Gasteiger partial charge in [-0.2, -0.15) is 0 Å². The van der Waals surface area contributed by atoms with Gasteiger partial charge in [0.1, 0.15) is 0 Å². The van der Waals surface area contributed by atoms with E-state index in [0.29, 0.717) is 50.5 Å². The minimum atomic E-state index is 0.0275. The summed E-state index contributed by atoms with van der Waals surface area (Å²) in [5.41, 5.74) is 1.64. The molecule has 0 bridgehead atoms. The van der Waals surface area contributed by atoms with Gasteiger partial charge in [-0.05, 0) is 54.5 Å². The van der Waals surface area contributed by atoms with Crippen molar-refractivity contribution in [2.75, 3.05) is 26.7 Å². The summed E-state index contributed by atoms with van der Waals surface area (Å²) in [4.78, 5) is 24.7. The summed E-state index contributed by atoms with van der Waals surface area (Å²) >= 11 is 23.8. The highest BCUT2D eigenvalue weighted by molar-refractivity contribution is 6.42. The Hall–Kier alpha value is -1.62. The third kappa shape index (κ3) is 8.73. The topological polar surface area (TPSA) is 34.1 Å². The molecule has 0 heterocycles. The van der Waals surface area contributed by atoms with Gasteiger partial charge in [0, 0.05) is 0 Å². The van der Waals surface area contributed by atoms with Crippen molar-refractivity contribution in [3.8, 4) is 0 Å². The van der Waals surface area contributed by atoms with Crippen LogP contribution in [-0.4, -0.2) is 42.7 Å². The summed E-state index contributed by atoms with van der Waals surface area (Å²) in [5.74, 6) is 0.0550. The molecular weight excluding hydrogens is 488 g/mol. The van der Waals surface area contributed by atoms with Gasteiger partial charge in [-0.1, -0.05) is 70.7 Å². The van der Waals surface area contributed by atoms with E-state index in [1.54, 1.807) is 60.7 Å². The van der Waals surface area contributed by atoms with Crippen LogP contribution in [0.1, 0.15) is 30.9 Å². The zero-order valence-corrected chi connectivity index (χ0v) is 21.1. The lowest BCUT2D eigenvalue weighted by Gasteiger charge is -2.32. The van der Waals surface area contributed by atoms with Crippen molar-refractivity contribution in [2.24, 2.45) is 0 Å². The zero-order valence-electron chi connectivity index (χ0n) is 18.1. The number of benzene rings is 2. The van der Waals surface area contributed by atoms with E-state index >= 15 is 0 Å². The average Bonchev–Trinajstić information content (AvgIpc) is 2.78. The molecule has 170 valence electrons. The number of carbonyl (C=O) groups is 2. The molecule has 0 radical (unpaired) electrons. The highest BCUT2D eigenvalue weighted by Crippen LogP contribution is 2.24. The number of hydrogen-bond donors (Lipinski definition) is 0. The first-order chi connectivity index (χ1) is 15.1. The van der Waals surface area contributed by atoms with Crippen molar-refractivity contribution in [1.29, 1.82) is 0 Å². The number of allylic oxidation sites excluding steroid dienone is 2. The van der Waals surface area contributed by atoms with Gasteiger partial charge in [0.2, 0.25) is 0 Å².